The summed E-state index contributed by atoms with van der Waals surface area (Å²) >= 11 is 0. The molecule has 0 aliphatic carbocycles. The second-order valence-corrected chi connectivity index (χ2v) is 4.95. The average Bonchev–Trinajstić information content (AvgIpc) is 2.41. The fourth-order valence-electron chi connectivity index (χ4n) is 2.45. The van der Waals surface area contributed by atoms with Gasteiger partial charge in [0.25, 0.3) is 5.43 Å². The molecule has 1 aromatic heterocycles. The molecule has 2 heterocycles. The van der Waals surface area contributed by atoms with Crippen LogP contribution in [0.25, 0.3) is 0 Å². The molecule has 6 heteroatoms. The molecular weight excluding hydrogens is 246 g/mol. The normalized spacial score (nSPS) is 16.4. The van der Waals surface area contributed by atoms with E-state index in [-0.39, 0.29) is 5.69 Å². The van der Waals surface area contributed by atoms with Crippen LogP contribution in [0.3, 0.4) is 0 Å². The summed E-state index contributed by atoms with van der Waals surface area (Å²) in [4.78, 5) is 23.8. The number of rotatable bonds is 5. The zero-order chi connectivity index (χ0) is 13.7. The van der Waals surface area contributed by atoms with Crippen molar-refractivity contribution in [2.75, 3.05) is 19.6 Å². The Bertz CT molecular complexity index is 492. The number of likely N-dealkylation sites (tertiary alicyclic amines) is 1. The highest BCUT2D eigenvalue weighted by atomic mass is 16.6. The Morgan fingerprint density at radius 3 is 2.63 bits per heavy atom. The van der Waals surface area contributed by atoms with Crippen LogP contribution < -0.4 is 5.43 Å². The Kier molecular flexibility index (Phi) is 4.68. The van der Waals surface area contributed by atoms with Crippen LogP contribution in [0.2, 0.25) is 0 Å². The van der Waals surface area contributed by atoms with Crippen LogP contribution in [-0.2, 0) is 6.54 Å². The van der Waals surface area contributed by atoms with Gasteiger partial charge >= 0.3 is 5.69 Å². The molecular formula is C13H19N3O3. The maximum absolute atomic E-state index is 11.3. The summed E-state index contributed by atoms with van der Waals surface area (Å²) in [7, 11) is 0. The highest BCUT2D eigenvalue weighted by Gasteiger charge is 2.12. The van der Waals surface area contributed by atoms with E-state index in [9.17, 15) is 14.9 Å². The Morgan fingerprint density at radius 1 is 1.21 bits per heavy atom. The molecule has 6 nitrogen and oxygen atoms in total. The second-order valence-electron chi connectivity index (χ2n) is 4.95. The van der Waals surface area contributed by atoms with E-state index in [0.29, 0.717) is 6.54 Å². The van der Waals surface area contributed by atoms with Crippen molar-refractivity contribution in [3.8, 4) is 0 Å². The van der Waals surface area contributed by atoms with Crippen molar-refractivity contribution in [2.45, 2.75) is 32.2 Å². The molecule has 0 N–H and O–H groups in total. The van der Waals surface area contributed by atoms with Crippen molar-refractivity contribution < 1.29 is 4.92 Å². The molecule has 104 valence electrons. The SMILES string of the molecule is O=c1ccn(CCCN2CCCCC2)cc1[N+](=O)[O-]. The number of aromatic nitrogens is 1. The van der Waals surface area contributed by atoms with Gasteiger partial charge in [-0.3, -0.25) is 14.9 Å². The molecule has 0 saturated carbocycles. The van der Waals surface area contributed by atoms with Gasteiger partial charge in [0.2, 0.25) is 0 Å². The van der Waals surface area contributed by atoms with E-state index in [1.54, 1.807) is 10.8 Å². The molecule has 19 heavy (non-hydrogen) atoms. The van der Waals surface area contributed by atoms with Gasteiger partial charge in [-0.05, 0) is 38.9 Å². The fourth-order valence-corrected chi connectivity index (χ4v) is 2.45. The Balaban J connectivity index is 1.87. The zero-order valence-electron chi connectivity index (χ0n) is 11.0. The maximum Gasteiger partial charge on any atom is 0.332 e. The van der Waals surface area contributed by atoms with E-state index in [1.165, 1.54) is 31.5 Å². The van der Waals surface area contributed by atoms with Crippen LogP contribution in [0.4, 0.5) is 5.69 Å². The summed E-state index contributed by atoms with van der Waals surface area (Å²) in [5.74, 6) is 0. The van der Waals surface area contributed by atoms with Gasteiger partial charge in [-0.2, -0.15) is 0 Å². The number of pyridine rings is 1. The lowest BCUT2D eigenvalue weighted by atomic mass is 10.1. The van der Waals surface area contributed by atoms with E-state index < -0.39 is 10.4 Å². The average molecular weight is 265 g/mol. The standard InChI is InChI=1S/C13H19N3O3/c17-13-5-10-15(11-12(13)16(18)19)9-4-8-14-6-2-1-3-7-14/h5,10-11H,1-4,6-9H2. The first kappa shape index (κ1) is 13.7. The largest absolute Gasteiger partial charge is 0.348 e. The third-order valence-electron chi connectivity index (χ3n) is 3.49. The van der Waals surface area contributed by atoms with E-state index >= 15 is 0 Å². The molecule has 0 atom stereocenters. The minimum absolute atomic E-state index is 0.347. The molecule has 0 amide bonds. The minimum Gasteiger partial charge on any atom is -0.348 e. The first-order valence-electron chi connectivity index (χ1n) is 6.73. The summed E-state index contributed by atoms with van der Waals surface area (Å²) in [5, 5.41) is 10.7. The molecule has 1 aliphatic rings. The van der Waals surface area contributed by atoms with Crippen molar-refractivity contribution in [3.05, 3.63) is 38.8 Å². The van der Waals surface area contributed by atoms with Gasteiger partial charge in [-0.25, -0.2) is 0 Å². The number of hydrogen-bond acceptors (Lipinski definition) is 4. The lowest BCUT2D eigenvalue weighted by Gasteiger charge is -2.26. The Morgan fingerprint density at radius 2 is 1.95 bits per heavy atom. The molecule has 1 fully saturated rings. The second kappa shape index (κ2) is 6.47. The minimum atomic E-state index is -0.622. The van der Waals surface area contributed by atoms with Crippen molar-refractivity contribution >= 4 is 5.69 Å². The summed E-state index contributed by atoms with van der Waals surface area (Å²) in [6.45, 7) is 4.03. The van der Waals surface area contributed by atoms with Gasteiger partial charge in [0.05, 0.1) is 11.1 Å². The van der Waals surface area contributed by atoms with Gasteiger partial charge in [0.15, 0.2) is 0 Å². The highest BCUT2D eigenvalue weighted by Crippen LogP contribution is 2.09. The molecule has 1 aliphatic heterocycles. The summed E-state index contributed by atoms with van der Waals surface area (Å²) in [6.07, 6.45) is 7.75. The van der Waals surface area contributed by atoms with E-state index in [1.807, 2.05) is 0 Å². The molecule has 0 spiro atoms. The Labute approximate surface area is 111 Å². The highest BCUT2D eigenvalue weighted by molar-refractivity contribution is 5.25. The third kappa shape index (κ3) is 3.89. The molecule has 0 unspecified atom stereocenters. The van der Waals surface area contributed by atoms with Crippen LogP contribution in [0.1, 0.15) is 25.7 Å². The van der Waals surface area contributed by atoms with Crippen molar-refractivity contribution in [1.29, 1.82) is 0 Å². The van der Waals surface area contributed by atoms with E-state index in [4.69, 9.17) is 0 Å². The first-order chi connectivity index (χ1) is 9.16. The monoisotopic (exact) mass is 265 g/mol. The van der Waals surface area contributed by atoms with Crippen LogP contribution in [0.15, 0.2) is 23.3 Å². The quantitative estimate of drug-likeness (QED) is 0.599. The van der Waals surface area contributed by atoms with Crippen LogP contribution in [0.5, 0.6) is 0 Å². The van der Waals surface area contributed by atoms with Crippen molar-refractivity contribution in [1.82, 2.24) is 9.47 Å². The molecule has 1 aromatic rings. The molecule has 1 saturated heterocycles. The van der Waals surface area contributed by atoms with Gasteiger partial charge in [-0.1, -0.05) is 6.42 Å². The molecule has 0 bridgehead atoms. The summed E-state index contributed by atoms with van der Waals surface area (Å²) in [6, 6.07) is 1.26. The smallest absolute Gasteiger partial charge is 0.332 e. The van der Waals surface area contributed by atoms with Crippen molar-refractivity contribution in [3.63, 3.8) is 0 Å². The van der Waals surface area contributed by atoms with Gasteiger partial charge in [0.1, 0.15) is 0 Å². The van der Waals surface area contributed by atoms with E-state index in [2.05, 4.69) is 4.90 Å². The zero-order valence-corrected chi connectivity index (χ0v) is 11.0. The molecule has 0 aromatic carbocycles. The fraction of sp³-hybridized carbons (Fsp3) is 0.615. The van der Waals surface area contributed by atoms with E-state index in [0.717, 1.165) is 26.1 Å². The number of nitro groups is 1. The topological polar surface area (TPSA) is 68.4 Å². The number of piperidine rings is 1. The number of hydrogen-bond donors (Lipinski definition) is 0. The predicted molar refractivity (Wildman–Crippen MR) is 72.3 cm³/mol. The lowest BCUT2D eigenvalue weighted by molar-refractivity contribution is -0.386. The van der Waals surface area contributed by atoms with Crippen LogP contribution in [-0.4, -0.2) is 34.0 Å². The first-order valence-corrected chi connectivity index (χ1v) is 6.73. The summed E-state index contributed by atoms with van der Waals surface area (Å²) < 4.78 is 1.73. The maximum atomic E-state index is 11.3. The lowest BCUT2D eigenvalue weighted by Crippen LogP contribution is -2.31. The van der Waals surface area contributed by atoms with Crippen LogP contribution in [0, 0.1) is 10.1 Å². The van der Waals surface area contributed by atoms with Gasteiger partial charge in [-0.15, -0.1) is 0 Å². The number of aryl methyl sites for hydroxylation is 1. The molecule has 0 radical (unpaired) electrons. The van der Waals surface area contributed by atoms with Gasteiger partial charge < -0.3 is 9.47 Å². The van der Waals surface area contributed by atoms with Crippen molar-refractivity contribution in [2.24, 2.45) is 0 Å². The number of nitrogens with zero attached hydrogens (tertiary/aromatic N) is 3. The molecule has 2 rings (SSSR count). The Hall–Kier alpha value is -1.69. The third-order valence-corrected chi connectivity index (χ3v) is 3.49. The predicted octanol–water partition coefficient (Wildman–Crippen LogP) is 1.63. The summed E-state index contributed by atoms with van der Waals surface area (Å²) in [5.41, 5.74) is -0.877. The van der Waals surface area contributed by atoms with Gasteiger partial charge in [0, 0.05) is 18.8 Å². The van der Waals surface area contributed by atoms with Crippen LogP contribution >= 0.6 is 0 Å².